The van der Waals surface area contributed by atoms with Crippen LogP contribution in [-0.2, 0) is 15.0 Å². The molecule has 0 spiro atoms. The molecule has 1 fully saturated rings. The van der Waals surface area contributed by atoms with Crippen molar-refractivity contribution in [3.05, 3.63) is 95.6 Å². The first-order valence-electron chi connectivity index (χ1n) is 10.6. The van der Waals surface area contributed by atoms with Gasteiger partial charge in [0.2, 0.25) is 5.91 Å². The lowest BCUT2D eigenvalue weighted by atomic mass is 9.78. The largest absolute Gasteiger partial charge is 0.426 e. The van der Waals surface area contributed by atoms with Gasteiger partial charge < -0.3 is 9.64 Å². The standard InChI is InChI=1S/C27H27NO3/c1-19-8-7-11-23(16-19)28-18-20(17-25(28)29)26(30)31-24-14-12-22(13-15-24)27(2,3)21-9-5-4-6-10-21/h4-16,20H,17-18H2,1-3H3/t20-/m1/s1. The Balaban J connectivity index is 1.43. The lowest BCUT2D eigenvalue weighted by Crippen LogP contribution is -2.27. The highest BCUT2D eigenvalue weighted by atomic mass is 16.5. The average Bonchev–Trinajstić information content (AvgIpc) is 3.16. The molecule has 158 valence electrons. The highest BCUT2D eigenvalue weighted by molar-refractivity contribution is 5.99. The maximum absolute atomic E-state index is 12.7. The molecule has 1 heterocycles. The average molecular weight is 414 g/mol. The van der Waals surface area contributed by atoms with E-state index in [2.05, 4.69) is 26.0 Å². The third kappa shape index (κ3) is 4.38. The Morgan fingerprint density at radius 3 is 2.29 bits per heavy atom. The summed E-state index contributed by atoms with van der Waals surface area (Å²) in [5.41, 5.74) is 4.11. The smallest absolute Gasteiger partial charge is 0.316 e. The van der Waals surface area contributed by atoms with Crippen molar-refractivity contribution in [2.75, 3.05) is 11.4 Å². The predicted molar refractivity (Wildman–Crippen MR) is 122 cm³/mol. The van der Waals surface area contributed by atoms with Gasteiger partial charge in [0.1, 0.15) is 5.75 Å². The molecule has 1 saturated heterocycles. The Hall–Kier alpha value is -3.40. The first-order valence-corrected chi connectivity index (χ1v) is 10.6. The van der Waals surface area contributed by atoms with Crippen LogP contribution in [-0.4, -0.2) is 18.4 Å². The molecule has 1 aliphatic rings. The van der Waals surface area contributed by atoms with Gasteiger partial charge in [0.05, 0.1) is 5.92 Å². The number of hydrogen-bond donors (Lipinski definition) is 0. The highest BCUT2D eigenvalue weighted by Crippen LogP contribution is 2.33. The molecule has 4 heteroatoms. The van der Waals surface area contributed by atoms with E-state index in [4.69, 9.17) is 4.74 Å². The molecule has 0 aliphatic carbocycles. The number of carbonyl (C=O) groups excluding carboxylic acids is 2. The fourth-order valence-corrected chi connectivity index (χ4v) is 4.07. The Kier molecular flexibility index (Phi) is 5.64. The number of rotatable bonds is 5. The summed E-state index contributed by atoms with van der Waals surface area (Å²) in [5.74, 6) is -0.376. The van der Waals surface area contributed by atoms with Crippen LogP contribution in [0.1, 0.15) is 37.0 Å². The highest BCUT2D eigenvalue weighted by Gasteiger charge is 2.36. The van der Waals surface area contributed by atoms with E-state index in [1.54, 1.807) is 4.90 Å². The van der Waals surface area contributed by atoms with Crippen LogP contribution in [0, 0.1) is 12.8 Å². The first kappa shape index (κ1) is 20.9. The molecule has 4 rings (SSSR count). The SMILES string of the molecule is Cc1cccc(N2C[C@H](C(=O)Oc3ccc(C(C)(C)c4ccccc4)cc3)CC2=O)c1. The number of benzene rings is 3. The second-order valence-electron chi connectivity index (χ2n) is 8.68. The van der Waals surface area contributed by atoms with Crippen LogP contribution in [0.4, 0.5) is 5.69 Å². The van der Waals surface area contributed by atoms with Gasteiger partial charge in [0, 0.05) is 24.1 Å². The van der Waals surface area contributed by atoms with Crippen molar-refractivity contribution < 1.29 is 14.3 Å². The zero-order valence-electron chi connectivity index (χ0n) is 18.2. The summed E-state index contributed by atoms with van der Waals surface area (Å²) >= 11 is 0. The lowest BCUT2D eigenvalue weighted by Gasteiger charge is -2.26. The molecule has 0 bridgehead atoms. The quantitative estimate of drug-likeness (QED) is 0.422. The monoisotopic (exact) mass is 413 g/mol. The summed E-state index contributed by atoms with van der Waals surface area (Å²) < 4.78 is 5.61. The van der Waals surface area contributed by atoms with Crippen molar-refractivity contribution in [3.8, 4) is 5.75 Å². The van der Waals surface area contributed by atoms with E-state index in [-0.39, 0.29) is 23.7 Å². The second kappa shape index (κ2) is 8.38. The lowest BCUT2D eigenvalue weighted by molar-refractivity contribution is -0.139. The molecule has 0 radical (unpaired) electrons. The van der Waals surface area contributed by atoms with E-state index in [1.165, 1.54) is 5.56 Å². The molecule has 0 aromatic heterocycles. The number of esters is 1. The summed E-state index contributed by atoms with van der Waals surface area (Å²) in [4.78, 5) is 26.8. The number of ether oxygens (including phenoxy) is 1. The summed E-state index contributed by atoms with van der Waals surface area (Å²) in [6, 6.07) is 25.7. The normalized spacial score (nSPS) is 16.4. The summed E-state index contributed by atoms with van der Waals surface area (Å²) in [7, 11) is 0. The Bertz CT molecular complexity index is 1090. The minimum Gasteiger partial charge on any atom is -0.426 e. The molecule has 0 unspecified atom stereocenters. The van der Waals surface area contributed by atoms with Gasteiger partial charge in [-0.15, -0.1) is 0 Å². The molecule has 3 aromatic rings. The number of anilines is 1. The van der Waals surface area contributed by atoms with Gasteiger partial charge in [-0.25, -0.2) is 0 Å². The van der Waals surface area contributed by atoms with Crippen LogP contribution in [0.2, 0.25) is 0 Å². The molecule has 1 atom stereocenters. The second-order valence-corrected chi connectivity index (χ2v) is 8.68. The molecule has 3 aromatic carbocycles. The van der Waals surface area contributed by atoms with Crippen LogP contribution < -0.4 is 9.64 Å². The van der Waals surface area contributed by atoms with Crippen LogP contribution >= 0.6 is 0 Å². The fourth-order valence-electron chi connectivity index (χ4n) is 4.07. The predicted octanol–water partition coefficient (Wildman–Crippen LogP) is 5.28. The first-order chi connectivity index (χ1) is 14.8. The van der Waals surface area contributed by atoms with Gasteiger partial charge in [-0.3, -0.25) is 9.59 Å². The topological polar surface area (TPSA) is 46.6 Å². The summed E-state index contributed by atoms with van der Waals surface area (Å²) in [5, 5.41) is 0. The number of carbonyl (C=O) groups is 2. The summed E-state index contributed by atoms with van der Waals surface area (Å²) in [6.07, 6.45) is 0.173. The van der Waals surface area contributed by atoms with E-state index in [9.17, 15) is 9.59 Å². The van der Waals surface area contributed by atoms with Crippen molar-refractivity contribution in [1.82, 2.24) is 0 Å². The van der Waals surface area contributed by atoms with Gasteiger partial charge in [-0.2, -0.15) is 0 Å². The van der Waals surface area contributed by atoms with Crippen molar-refractivity contribution in [1.29, 1.82) is 0 Å². The molecular formula is C27H27NO3. The van der Waals surface area contributed by atoms with E-state index in [0.717, 1.165) is 16.8 Å². The molecule has 4 nitrogen and oxygen atoms in total. The Labute approximate surface area is 183 Å². The van der Waals surface area contributed by atoms with Crippen molar-refractivity contribution in [2.45, 2.75) is 32.6 Å². The zero-order valence-corrected chi connectivity index (χ0v) is 18.2. The third-order valence-electron chi connectivity index (χ3n) is 6.06. The molecule has 1 amide bonds. The van der Waals surface area contributed by atoms with Crippen molar-refractivity contribution >= 4 is 17.6 Å². The maximum Gasteiger partial charge on any atom is 0.316 e. The Morgan fingerprint density at radius 1 is 0.935 bits per heavy atom. The molecular weight excluding hydrogens is 386 g/mol. The number of hydrogen-bond acceptors (Lipinski definition) is 3. The van der Waals surface area contributed by atoms with Gasteiger partial charge in [0.15, 0.2) is 0 Å². The van der Waals surface area contributed by atoms with Crippen LogP contribution in [0.25, 0.3) is 0 Å². The molecule has 0 saturated carbocycles. The van der Waals surface area contributed by atoms with Crippen LogP contribution in [0.15, 0.2) is 78.9 Å². The van der Waals surface area contributed by atoms with Gasteiger partial charge in [0.25, 0.3) is 0 Å². The number of nitrogens with zero attached hydrogens (tertiary/aromatic N) is 1. The van der Waals surface area contributed by atoms with Gasteiger partial charge >= 0.3 is 5.97 Å². The molecule has 31 heavy (non-hydrogen) atoms. The minimum absolute atomic E-state index is 0.0486. The third-order valence-corrected chi connectivity index (χ3v) is 6.06. The van der Waals surface area contributed by atoms with Gasteiger partial charge in [-0.1, -0.05) is 68.4 Å². The summed E-state index contributed by atoms with van der Waals surface area (Å²) in [6.45, 7) is 6.68. The molecule has 0 N–H and O–H groups in total. The van der Waals surface area contributed by atoms with E-state index >= 15 is 0 Å². The van der Waals surface area contributed by atoms with Crippen molar-refractivity contribution in [3.63, 3.8) is 0 Å². The number of amides is 1. The zero-order chi connectivity index (χ0) is 22.0. The van der Waals surface area contributed by atoms with Gasteiger partial charge in [-0.05, 0) is 47.9 Å². The van der Waals surface area contributed by atoms with Crippen LogP contribution in [0.3, 0.4) is 0 Å². The van der Waals surface area contributed by atoms with Crippen molar-refractivity contribution in [2.24, 2.45) is 5.92 Å². The van der Waals surface area contributed by atoms with E-state index < -0.39 is 5.92 Å². The minimum atomic E-state index is -0.464. The Morgan fingerprint density at radius 2 is 1.61 bits per heavy atom. The van der Waals surface area contributed by atoms with E-state index in [1.807, 2.05) is 73.7 Å². The molecule has 1 aliphatic heterocycles. The number of aryl methyl sites for hydroxylation is 1. The van der Waals surface area contributed by atoms with E-state index in [0.29, 0.717) is 12.3 Å². The van der Waals surface area contributed by atoms with Crippen LogP contribution in [0.5, 0.6) is 5.75 Å². The fraction of sp³-hybridized carbons (Fsp3) is 0.259. The maximum atomic E-state index is 12.7.